The molecule has 1 atom stereocenters. The van der Waals surface area contributed by atoms with E-state index in [0.717, 1.165) is 37.5 Å². The molecule has 0 saturated carbocycles. The van der Waals surface area contributed by atoms with Gasteiger partial charge in [0, 0.05) is 82.8 Å². The van der Waals surface area contributed by atoms with Crippen molar-refractivity contribution in [1.82, 2.24) is 30.0 Å². The first-order valence-corrected chi connectivity index (χ1v) is 15.6. The van der Waals surface area contributed by atoms with Crippen molar-refractivity contribution in [3.63, 3.8) is 0 Å². The number of thiazole rings is 1. The summed E-state index contributed by atoms with van der Waals surface area (Å²) in [5.74, 6) is -0.143. The Morgan fingerprint density at radius 1 is 1.28 bits per heavy atom. The van der Waals surface area contributed by atoms with Crippen LogP contribution in [0.3, 0.4) is 0 Å². The summed E-state index contributed by atoms with van der Waals surface area (Å²) in [4.78, 5) is 37.2. The van der Waals surface area contributed by atoms with Crippen molar-refractivity contribution >= 4 is 44.6 Å². The summed E-state index contributed by atoms with van der Waals surface area (Å²) in [6, 6.07) is 6.58. The number of pyridine rings is 1. The Morgan fingerprint density at radius 2 is 2.16 bits per heavy atom. The highest BCUT2D eigenvalue weighted by Crippen LogP contribution is 2.47. The van der Waals surface area contributed by atoms with E-state index in [0.29, 0.717) is 54.5 Å². The number of hydrogen-bond acceptors (Lipinski definition) is 8. The van der Waals surface area contributed by atoms with Gasteiger partial charge in [-0.3, -0.25) is 14.3 Å². The van der Waals surface area contributed by atoms with Gasteiger partial charge < -0.3 is 15.0 Å². The highest BCUT2D eigenvalue weighted by atomic mass is 32.1. The van der Waals surface area contributed by atoms with E-state index in [2.05, 4.69) is 17.0 Å². The van der Waals surface area contributed by atoms with Gasteiger partial charge in [0.15, 0.2) is 0 Å². The number of nitrogens with one attached hydrogen (secondary N) is 1. The van der Waals surface area contributed by atoms with Gasteiger partial charge in [0.25, 0.3) is 0 Å². The van der Waals surface area contributed by atoms with Crippen LogP contribution in [-0.4, -0.2) is 56.2 Å². The molecule has 1 saturated heterocycles. The number of halogens is 1. The number of nitrogens with zero attached hydrogens (tertiary/aromatic N) is 5. The van der Waals surface area contributed by atoms with E-state index >= 15 is 0 Å². The predicted molar refractivity (Wildman–Crippen MR) is 164 cm³/mol. The number of aryl methyl sites for hydroxylation is 1. The Balaban J connectivity index is 1.40. The molecule has 1 fully saturated rings. The quantitative estimate of drug-likeness (QED) is 0.253. The number of amides is 2. The summed E-state index contributed by atoms with van der Waals surface area (Å²) < 4.78 is 23.6. The van der Waals surface area contributed by atoms with Crippen LogP contribution >= 0.6 is 22.7 Å². The molecule has 0 spiro atoms. The minimum atomic E-state index is -0.417. The lowest BCUT2D eigenvalue weighted by Gasteiger charge is -2.24. The summed E-state index contributed by atoms with van der Waals surface area (Å²) in [5, 5.41) is 10.9. The standard InChI is InChI=1S/C31H27FN6O3S2/c1-3-26(40)38-8-6-22-24(15-38)43-31(35-22)29-27(30-21(7-9-42-30)28(36-29)18-13-34-37(2)14-18)20-5-4-19(32)11-23(20)41-16-17-10-25(39)33-12-17/h3-5,7,9,11,13-14,17H,1,6,8,10,12,15-16H2,2H3,(H,33,39). The third-order valence-corrected chi connectivity index (χ3v) is 9.78. The fraction of sp³-hybridized carbons (Fsp3) is 0.258. The fourth-order valence-electron chi connectivity index (χ4n) is 5.62. The number of rotatable bonds is 7. The average Bonchev–Trinajstić information content (AvgIpc) is 3.82. The first-order valence-electron chi connectivity index (χ1n) is 13.9. The number of thiophene rings is 1. The average molecular weight is 615 g/mol. The van der Waals surface area contributed by atoms with Crippen LogP contribution in [0.25, 0.3) is 43.2 Å². The van der Waals surface area contributed by atoms with Crippen molar-refractivity contribution in [2.75, 3.05) is 19.7 Å². The molecule has 2 amide bonds. The highest BCUT2D eigenvalue weighted by Gasteiger charge is 2.29. The van der Waals surface area contributed by atoms with Gasteiger partial charge in [-0.05, 0) is 29.7 Å². The number of aromatic nitrogens is 4. The van der Waals surface area contributed by atoms with Crippen molar-refractivity contribution in [1.29, 1.82) is 0 Å². The van der Waals surface area contributed by atoms with E-state index in [1.165, 1.54) is 29.5 Å². The smallest absolute Gasteiger partial charge is 0.246 e. The van der Waals surface area contributed by atoms with Gasteiger partial charge in [0.1, 0.15) is 22.3 Å². The van der Waals surface area contributed by atoms with Crippen molar-refractivity contribution in [2.45, 2.75) is 19.4 Å². The first kappa shape index (κ1) is 27.4. The molecule has 12 heteroatoms. The normalized spacial score (nSPS) is 16.4. The highest BCUT2D eigenvalue weighted by molar-refractivity contribution is 7.18. The second kappa shape index (κ2) is 11.0. The van der Waals surface area contributed by atoms with Crippen LogP contribution in [0.1, 0.15) is 17.0 Å². The second-order valence-electron chi connectivity index (χ2n) is 10.7. The number of fused-ring (bicyclic) bond motifs is 2. The Hall–Kier alpha value is -4.42. The summed E-state index contributed by atoms with van der Waals surface area (Å²) >= 11 is 3.09. The minimum absolute atomic E-state index is 0.00263. The van der Waals surface area contributed by atoms with Gasteiger partial charge in [-0.25, -0.2) is 14.4 Å². The number of ether oxygens (including phenoxy) is 1. The zero-order chi connectivity index (χ0) is 29.7. The molecule has 218 valence electrons. The molecular weight excluding hydrogens is 588 g/mol. The van der Waals surface area contributed by atoms with E-state index < -0.39 is 5.82 Å². The van der Waals surface area contributed by atoms with Crippen molar-refractivity contribution < 1.29 is 18.7 Å². The number of carbonyl (C=O) groups is 2. The third kappa shape index (κ3) is 5.10. The summed E-state index contributed by atoms with van der Waals surface area (Å²) in [5.41, 5.74) is 4.76. The zero-order valence-corrected chi connectivity index (χ0v) is 24.9. The summed E-state index contributed by atoms with van der Waals surface area (Å²) in [6.45, 7) is 5.47. The van der Waals surface area contributed by atoms with Crippen molar-refractivity contribution in [3.8, 4) is 38.8 Å². The van der Waals surface area contributed by atoms with E-state index in [-0.39, 0.29) is 24.3 Å². The van der Waals surface area contributed by atoms with Crippen LogP contribution < -0.4 is 10.1 Å². The largest absolute Gasteiger partial charge is 0.492 e. The lowest BCUT2D eigenvalue weighted by molar-refractivity contribution is -0.126. The maximum atomic E-state index is 14.7. The van der Waals surface area contributed by atoms with Gasteiger partial charge in [0.05, 0.1) is 30.7 Å². The SMILES string of the molecule is C=CC(=O)N1CCc2nc(-c3nc(-c4cnn(C)c4)c4ccsc4c3-c3ccc(F)cc3OCC3CNC(=O)C3)sc2C1. The molecule has 2 aliphatic heterocycles. The Bertz CT molecular complexity index is 1910. The number of hydrogen-bond donors (Lipinski definition) is 1. The number of benzene rings is 1. The van der Waals surface area contributed by atoms with Crippen LogP contribution in [0.4, 0.5) is 4.39 Å². The molecule has 1 aromatic carbocycles. The van der Waals surface area contributed by atoms with Crippen molar-refractivity contribution in [2.24, 2.45) is 13.0 Å². The van der Waals surface area contributed by atoms with Gasteiger partial charge in [-0.1, -0.05) is 6.58 Å². The Kier molecular flexibility index (Phi) is 7.02. The molecule has 1 N–H and O–H groups in total. The van der Waals surface area contributed by atoms with E-state index in [4.69, 9.17) is 14.7 Å². The Labute approximate surface area is 254 Å². The maximum Gasteiger partial charge on any atom is 0.246 e. The molecule has 0 aliphatic carbocycles. The van der Waals surface area contributed by atoms with E-state index in [9.17, 15) is 14.0 Å². The molecule has 5 aromatic rings. The molecule has 7 rings (SSSR count). The predicted octanol–water partition coefficient (Wildman–Crippen LogP) is 5.21. The van der Waals surface area contributed by atoms with Gasteiger partial charge in [-0.15, -0.1) is 22.7 Å². The first-order chi connectivity index (χ1) is 20.9. The molecule has 4 aromatic heterocycles. The fourth-order valence-corrected chi connectivity index (χ4v) is 7.70. The van der Waals surface area contributed by atoms with Crippen LogP contribution in [-0.2, 0) is 29.6 Å². The van der Waals surface area contributed by atoms with Gasteiger partial charge in [-0.2, -0.15) is 5.10 Å². The van der Waals surface area contributed by atoms with E-state index in [1.807, 2.05) is 24.7 Å². The topological polar surface area (TPSA) is 102 Å². The monoisotopic (exact) mass is 614 g/mol. The third-order valence-electron chi connectivity index (χ3n) is 7.76. The summed E-state index contributed by atoms with van der Waals surface area (Å²) in [7, 11) is 1.87. The van der Waals surface area contributed by atoms with E-state index in [1.54, 1.807) is 33.2 Å². The van der Waals surface area contributed by atoms with Crippen LogP contribution in [0.15, 0.2) is 54.7 Å². The second-order valence-corrected chi connectivity index (χ2v) is 12.7. The van der Waals surface area contributed by atoms with Crippen LogP contribution in [0.5, 0.6) is 5.75 Å². The van der Waals surface area contributed by atoms with Crippen LogP contribution in [0, 0.1) is 11.7 Å². The number of carbonyl (C=O) groups excluding carboxylic acids is 2. The molecule has 0 radical (unpaired) electrons. The maximum absolute atomic E-state index is 14.7. The molecular formula is C31H27FN6O3S2. The molecule has 43 heavy (non-hydrogen) atoms. The molecule has 6 heterocycles. The lowest BCUT2D eigenvalue weighted by Crippen LogP contribution is -2.34. The minimum Gasteiger partial charge on any atom is -0.492 e. The summed E-state index contributed by atoms with van der Waals surface area (Å²) in [6.07, 6.45) is 6.07. The molecule has 0 bridgehead atoms. The molecule has 2 aliphatic rings. The molecule has 1 unspecified atom stereocenters. The molecule has 9 nitrogen and oxygen atoms in total. The lowest BCUT2D eigenvalue weighted by atomic mass is 9.99. The Morgan fingerprint density at radius 3 is 2.93 bits per heavy atom. The van der Waals surface area contributed by atoms with Gasteiger partial charge >= 0.3 is 0 Å². The zero-order valence-electron chi connectivity index (χ0n) is 23.3. The van der Waals surface area contributed by atoms with Gasteiger partial charge in [0.2, 0.25) is 11.8 Å². The van der Waals surface area contributed by atoms with Crippen LogP contribution in [0.2, 0.25) is 0 Å². The van der Waals surface area contributed by atoms with Crippen molar-refractivity contribution in [3.05, 3.63) is 71.1 Å².